The summed E-state index contributed by atoms with van der Waals surface area (Å²) in [5.41, 5.74) is 2.48. The van der Waals surface area contributed by atoms with Gasteiger partial charge in [-0.25, -0.2) is 4.79 Å². The first-order valence-corrected chi connectivity index (χ1v) is 10.1. The number of carbonyl (C=O) groups excluding carboxylic acids is 1. The Kier molecular flexibility index (Phi) is 5.99. The molecule has 0 atom stereocenters. The molecule has 0 radical (unpaired) electrons. The highest BCUT2D eigenvalue weighted by Crippen LogP contribution is 2.38. The van der Waals surface area contributed by atoms with Crippen molar-refractivity contribution in [3.8, 4) is 0 Å². The lowest BCUT2D eigenvalue weighted by Gasteiger charge is -2.13. The second-order valence-electron chi connectivity index (χ2n) is 5.61. The van der Waals surface area contributed by atoms with E-state index in [0.29, 0.717) is 15.7 Å². The minimum absolute atomic E-state index is 0.323. The number of hydrogen-bond donors (Lipinski definition) is 2. The van der Waals surface area contributed by atoms with E-state index in [0.717, 1.165) is 46.4 Å². The van der Waals surface area contributed by atoms with Gasteiger partial charge in [-0.1, -0.05) is 11.6 Å². The van der Waals surface area contributed by atoms with Gasteiger partial charge >= 0.3 is 5.97 Å². The number of esters is 1. The molecule has 3 rings (SSSR count). The fraction of sp³-hybridized carbons (Fsp3) is 0.294. The van der Waals surface area contributed by atoms with Crippen LogP contribution in [-0.4, -0.2) is 18.2 Å². The summed E-state index contributed by atoms with van der Waals surface area (Å²) in [5, 5.41) is 7.97. The van der Waals surface area contributed by atoms with Crippen molar-refractivity contribution in [2.24, 2.45) is 0 Å². The maximum Gasteiger partial charge on any atom is 0.341 e. The average Bonchev–Trinajstić information content (AvgIpc) is 2.95. The number of thiocarbonyl (C=S) groups is 1. The van der Waals surface area contributed by atoms with E-state index < -0.39 is 0 Å². The molecule has 1 aliphatic rings. The summed E-state index contributed by atoms with van der Waals surface area (Å²) >= 11 is 16.4. The molecule has 0 aliphatic heterocycles. The molecule has 0 spiro atoms. The van der Waals surface area contributed by atoms with Crippen molar-refractivity contribution in [3.05, 3.63) is 43.7 Å². The maximum atomic E-state index is 12.2. The number of thiophene rings is 1. The Morgan fingerprint density at radius 1 is 1.32 bits per heavy atom. The highest BCUT2D eigenvalue weighted by molar-refractivity contribution is 9.10. The van der Waals surface area contributed by atoms with Gasteiger partial charge in [0.15, 0.2) is 5.11 Å². The molecule has 0 fully saturated rings. The normalized spacial score (nSPS) is 13.1. The van der Waals surface area contributed by atoms with Crippen LogP contribution in [0.2, 0.25) is 5.02 Å². The number of benzene rings is 1. The van der Waals surface area contributed by atoms with Gasteiger partial charge < -0.3 is 15.4 Å². The Morgan fingerprint density at radius 3 is 2.80 bits per heavy atom. The van der Waals surface area contributed by atoms with E-state index in [4.69, 9.17) is 28.6 Å². The highest BCUT2D eigenvalue weighted by Gasteiger charge is 2.26. The molecule has 1 aromatic carbocycles. The van der Waals surface area contributed by atoms with Crippen molar-refractivity contribution in [1.29, 1.82) is 0 Å². The first-order valence-electron chi connectivity index (χ1n) is 7.75. The molecule has 4 nitrogen and oxygen atoms in total. The quantitative estimate of drug-likeness (QED) is 0.459. The van der Waals surface area contributed by atoms with Gasteiger partial charge in [-0.3, -0.25) is 0 Å². The number of nitrogens with one attached hydrogen (secondary N) is 2. The monoisotopic (exact) mass is 458 g/mol. The number of rotatable bonds is 3. The summed E-state index contributed by atoms with van der Waals surface area (Å²) in [6, 6.07) is 5.49. The van der Waals surface area contributed by atoms with Crippen LogP contribution in [0.1, 0.15) is 33.6 Å². The third-order valence-corrected chi connectivity index (χ3v) is 6.61. The summed E-state index contributed by atoms with van der Waals surface area (Å²) in [7, 11) is 1.40. The van der Waals surface area contributed by atoms with Gasteiger partial charge in [0.05, 0.1) is 17.7 Å². The van der Waals surface area contributed by atoms with Crippen LogP contribution >= 0.6 is 51.1 Å². The van der Waals surface area contributed by atoms with Gasteiger partial charge in [0.1, 0.15) is 5.00 Å². The van der Waals surface area contributed by atoms with E-state index in [1.807, 2.05) is 12.1 Å². The lowest BCUT2D eigenvalue weighted by molar-refractivity contribution is 0.0601. The average molecular weight is 460 g/mol. The second-order valence-corrected chi connectivity index (χ2v) is 8.39. The summed E-state index contributed by atoms with van der Waals surface area (Å²) in [6.45, 7) is 0. The summed E-state index contributed by atoms with van der Waals surface area (Å²) in [4.78, 5) is 13.5. The number of fused-ring (bicyclic) bond motifs is 1. The molecule has 0 unspecified atom stereocenters. The fourth-order valence-electron chi connectivity index (χ4n) is 2.81. The van der Waals surface area contributed by atoms with Gasteiger partial charge in [0.25, 0.3) is 0 Å². The number of methoxy groups -OCH3 is 1. The van der Waals surface area contributed by atoms with Crippen molar-refractivity contribution in [2.45, 2.75) is 25.7 Å². The topological polar surface area (TPSA) is 50.4 Å². The molecule has 0 saturated heterocycles. The Hall–Kier alpha value is -1.15. The molecule has 132 valence electrons. The summed E-state index contributed by atoms with van der Waals surface area (Å²) in [6.07, 6.45) is 4.13. The predicted octanol–water partition coefficient (Wildman–Crippen LogP) is 5.64. The van der Waals surface area contributed by atoms with Crippen LogP contribution < -0.4 is 10.6 Å². The first kappa shape index (κ1) is 18.6. The van der Waals surface area contributed by atoms with Gasteiger partial charge in [-0.2, -0.15) is 0 Å². The Balaban J connectivity index is 1.82. The molecule has 2 aromatic rings. The van der Waals surface area contributed by atoms with Crippen LogP contribution in [-0.2, 0) is 17.6 Å². The van der Waals surface area contributed by atoms with Gasteiger partial charge in [0.2, 0.25) is 0 Å². The highest BCUT2D eigenvalue weighted by atomic mass is 79.9. The van der Waals surface area contributed by atoms with E-state index in [1.165, 1.54) is 12.0 Å². The van der Waals surface area contributed by atoms with E-state index in [-0.39, 0.29) is 5.97 Å². The Morgan fingerprint density at radius 2 is 2.08 bits per heavy atom. The lowest BCUT2D eigenvalue weighted by atomic mass is 9.95. The number of aryl methyl sites for hydroxylation is 1. The predicted molar refractivity (Wildman–Crippen MR) is 111 cm³/mol. The lowest BCUT2D eigenvalue weighted by Crippen LogP contribution is -2.20. The second kappa shape index (κ2) is 8.03. The Labute approximate surface area is 169 Å². The molecular weight excluding hydrogens is 444 g/mol. The minimum Gasteiger partial charge on any atom is -0.465 e. The Bertz CT molecular complexity index is 838. The molecule has 8 heteroatoms. The van der Waals surface area contributed by atoms with Gasteiger partial charge in [0, 0.05) is 15.0 Å². The molecule has 25 heavy (non-hydrogen) atoms. The van der Waals surface area contributed by atoms with Crippen molar-refractivity contribution in [3.63, 3.8) is 0 Å². The number of halogens is 2. The van der Waals surface area contributed by atoms with Crippen LogP contribution in [0.5, 0.6) is 0 Å². The van der Waals surface area contributed by atoms with Crippen LogP contribution in [0.25, 0.3) is 0 Å². The molecular formula is C17H16BrClN2O2S2. The molecule has 1 heterocycles. The van der Waals surface area contributed by atoms with E-state index in [9.17, 15) is 4.79 Å². The zero-order valence-corrected chi connectivity index (χ0v) is 17.4. The SMILES string of the molecule is COC(=O)c1c(NC(=S)Nc2ccc(Br)c(Cl)c2)sc2c1CCCC2. The smallest absolute Gasteiger partial charge is 0.341 e. The third kappa shape index (κ3) is 4.16. The summed E-state index contributed by atoms with van der Waals surface area (Å²) < 4.78 is 5.79. The van der Waals surface area contributed by atoms with Gasteiger partial charge in [-0.15, -0.1) is 11.3 Å². The maximum absolute atomic E-state index is 12.2. The largest absolute Gasteiger partial charge is 0.465 e. The zero-order valence-electron chi connectivity index (χ0n) is 13.4. The molecule has 2 N–H and O–H groups in total. The third-order valence-electron chi connectivity index (χ3n) is 3.97. The zero-order chi connectivity index (χ0) is 18.0. The van der Waals surface area contributed by atoms with Crippen molar-refractivity contribution < 1.29 is 9.53 Å². The molecule has 0 amide bonds. The molecule has 1 aromatic heterocycles. The number of ether oxygens (including phenoxy) is 1. The van der Waals surface area contributed by atoms with Crippen LogP contribution in [0.3, 0.4) is 0 Å². The fourth-order valence-corrected chi connectivity index (χ4v) is 4.80. The van der Waals surface area contributed by atoms with E-state index >= 15 is 0 Å². The first-order chi connectivity index (χ1) is 12.0. The number of hydrogen-bond acceptors (Lipinski definition) is 4. The van der Waals surface area contributed by atoms with Crippen molar-refractivity contribution >= 4 is 72.9 Å². The minimum atomic E-state index is -0.323. The van der Waals surface area contributed by atoms with Crippen LogP contribution in [0.15, 0.2) is 22.7 Å². The van der Waals surface area contributed by atoms with Crippen molar-refractivity contribution in [1.82, 2.24) is 0 Å². The standard InChI is InChI=1S/C17H16BrClN2O2S2/c1-23-16(22)14-10-4-2-3-5-13(10)25-15(14)21-17(24)20-9-6-7-11(18)12(19)8-9/h6-8H,2-5H2,1H3,(H2,20,21,24). The summed E-state index contributed by atoms with van der Waals surface area (Å²) in [5.74, 6) is -0.323. The number of carbonyl (C=O) groups is 1. The molecule has 0 bridgehead atoms. The van der Waals surface area contributed by atoms with Gasteiger partial charge in [-0.05, 0) is 77.6 Å². The van der Waals surface area contributed by atoms with Crippen LogP contribution in [0, 0.1) is 0 Å². The van der Waals surface area contributed by atoms with E-state index in [2.05, 4.69) is 26.6 Å². The number of anilines is 2. The van der Waals surface area contributed by atoms with Crippen LogP contribution in [0.4, 0.5) is 10.7 Å². The molecule has 0 saturated carbocycles. The molecule has 1 aliphatic carbocycles. The van der Waals surface area contributed by atoms with Crippen molar-refractivity contribution in [2.75, 3.05) is 17.7 Å². The van der Waals surface area contributed by atoms with E-state index in [1.54, 1.807) is 17.4 Å².